The zero-order chi connectivity index (χ0) is 20.8. The van der Waals surface area contributed by atoms with Gasteiger partial charge in [0.15, 0.2) is 11.3 Å². The van der Waals surface area contributed by atoms with E-state index in [1.165, 1.54) is 6.26 Å². The summed E-state index contributed by atoms with van der Waals surface area (Å²) < 4.78 is 13.1. The Morgan fingerprint density at radius 3 is 2.79 bits per heavy atom. The number of carbonyl (C=O) groups excluding carboxylic acids is 3. The molecule has 4 rings (SSSR count). The lowest BCUT2D eigenvalue weighted by molar-refractivity contribution is -0.131. The predicted octanol–water partition coefficient (Wildman–Crippen LogP) is 2.53. The monoisotopic (exact) mass is 399 g/mol. The van der Waals surface area contributed by atoms with Crippen molar-refractivity contribution in [2.24, 2.45) is 0 Å². The molecule has 2 aromatic rings. The van der Waals surface area contributed by atoms with Gasteiger partial charge in [0.1, 0.15) is 5.76 Å². The van der Waals surface area contributed by atoms with Crippen LogP contribution >= 0.6 is 0 Å². The minimum Gasteiger partial charge on any atom is -0.466 e. The molecule has 2 fully saturated rings. The highest BCUT2D eigenvalue weighted by atomic mass is 16.5. The van der Waals surface area contributed by atoms with Gasteiger partial charge < -0.3 is 19.0 Å². The van der Waals surface area contributed by atoms with Gasteiger partial charge in [0.2, 0.25) is 0 Å². The van der Waals surface area contributed by atoms with Crippen molar-refractivity contribution in [3.63, 3.8) is 0 Å². The molecule has 3 amide bonds. The molecule has 0 saturated carbocycles. The molecule has 0 spiro atoms. The highest BCUT2D eigenvalue weighted by Gasteiger charge is 2.51. The van der Waals surface area contributed by atoms with Gasteiger partial charge in [-0.2, -0.15) is 0 Å². The summed E-state index contributed by atoms with van der Waals surface area (Å²) in [5.74, 6) is -0.441. The van der Waals surface area contributed by atoms with Gasteiger partial charge in [-0.1, -0.05) is 0 Å². The Kier molecular flexibility index (Phi) is 4.82. The van der Waals surface area contributed by atoms with Crippen LogP contribution in [0, 0.1) is 13.8 Å². The molecule has 4 heterocycles. The van der Waals surface area contributed by atoms with Crippen LogP contribution in [0.25, 0.3) is 0 Å². The summed E-state index contributed by atoms with van der Waals surface area (Å²) in [4.78, 5) is 39.3. The Labute approximate surface area is 168 Å². The molecule has 8 heteroatoms. The second kappa shape index (κ2) is 7.18. The Balaban J connectivity index is 1.52. The van der Waals surface area contributed by atoms with Gasteiger partial charge in [-0.3, -0.25) is 14.5 Å². The van der Waals surface area contributed by atoms with Crippen LogP contribution in [0.15, 0.2) is 28.9 Å². The van der Waals surface area contributed by atoms with E-state index in [-0.39, 0.29) is 18.4 Å². The van der Waals surface area contributed by atoms with Gasteiger partial charge in [0.25, 0.3) is 5.91 Å². The third-order valence-electron chi connectivity index (χ3n) is 5.87. The van der Waals surface area contributed by atoms with Gasteiger partial charge in [-0.15, -0.1) is 0 Å². The lowest BCUT2D eigenvalue weighted by Crippen LogP contribution is -2.41. The summed E-state index contributed by atoms with van der Waals surface area (Å²) in [5, 5.41) is 2.64. The number of ketones is 1. The molecule has 2 aliphatic heterocycles. The Hall–Kier alpha value is -2.87. The molecule has 0 bridgehead atoms. The molecule has 2 aliphatic rings. The van der Waals surface area contributed by atoms with Crippen molar-refractivity contribution in [1.82, 2.24) is 14.8 Å². The first kappa shape index (κ1) is 19.4. The molecular weight excluding hydrogens is 374 g/mol. The fourth-order valence-electron chi connectivity index (χ4n) is 4.16. The number of nitrogens with one attached hydrogen (secondary N) is 1. The molecule has 8 nitrogen and oxygen atoms in total. The average molecular weight is 399 g/mol. The normalized spacial score (nSPS) is 24.4. The van der Waals surface area contributed by atoms with Crippen molar-refractivity contribution in [3.8, 4) is 0 Å². The molecule has 1 N–H and O–H groups in total. The van der Waals surface area contributed by atoms with Crippen molar-refractivity contribution >= 4 is 17.7 Å². The van der Waals surface area contributed by atoms with E-state index in [1.54, 1.807) is 19.1 Å². The fourth-order valence-corrected chi connectivity index (χ4v) is 4.16. The zero-order valence-corrected chi connectivity index (χ0v) is 16.9. The number of hydrogen-bond acceptors (Lipinski definition) is 5. The van der Waals surface area contributed by atoms with E-state index in [9.17, 15) is 14.4 Å². The number of urea groups is 1. The molecule has 2 atom stereocenters. The molecule has 154 valence electrons. The number of imide groups is 1. The summed E-state index contributed by atoms with van der Waals surface area (Å²) >= 11 is 0. The maximum Gasteiger partial charge on any atom is 0.325 e. The number of carbonyl (C=O) groups is 3. The Morgan fingerprint density at radius 1 is 1.34 bits per heavy atom. The smallest absolute Gasteiger partial charge is 0.325 e. The number of ether oxygens (including phenoxy) is 1. The first-order chi connectivity index (χ1) is 13.8. The summed E-state index contributed by atoms with van der Waals surface area (Å²) in [6, 6.07) is 4.49. The maximum atomic E-state index is 13.0. The van der Waals surface area contributed by atoms with Gasteiger partial charge in [-0.25, -0.2) is 4.79 Å². The maximum absolute atomic E-state index is 13.0. The number of aryl methyl sites for hydroxylation is 1. The molecule has 29 heavy (non-hydrogen) atoms. The third kappa shape index (κ3) is 3.27. The van der Waals surface area contributed by atoms with E-state index in [0.29, 0.717) is 17.9 Å². The lowest BCUT2D eigenvalue weighted by Gasteiger charge is -2.18. The first-order valence-corrected chi connectivity index (χ1v) is 9.81. The number of Topliss-reactive ketones (excluding diaryl/α,β-unsaturated/α-hetero) is 1. The van der Waals surface area contributed by atoms with Crippen molar-refractivity contribution in [2.75, 3.05) is 13.2 Å². The van der Waals surface area contributed by atoms with E-state index in [0.717, 1.165) is 35.7 Å². The van der Waals surface area contributed by atoms with Crippen LogP contribution in [0.1, 0.15) is 47.3 Å². The number of rotatable bonds is 6. The summed E-state index contributed by atoms with van der Waals surface area (Å²) in [6.45, 7) is 6.56. The van der Waals surface area contributed by atoms with Gasteiger partial charge in [0, 0.05) is 30.1 Å². The van der Waals surface area contributed by atoms with Crippen molar-refractivity contribution in [3.05, 3.63) is 47.2 Å². The molecule has 2 aromatic heterocycles. The molecule has 0 unspecified atom stereocenters. The highest BCUT2D eigenvalue weighted by Crippen LogP contribution is 2.29. The topological polar surface area (TPSA) is 93.8 Å². The number of aromatic nitrogens is 1. The minimum absolute atomic E-state index is 0.155. The molecule has 0 radical (unpaired) electrons. The summed E-state index contributed by atoms with van der Waals surface area (Å²) in [7, 11) is 0. The number of furan rings is 1. The van der Waals surface area contributed by atoms with E-state index in [4.69, 9.17) is 9.15 Å². The Bertz CT molecular complexity index is 955. The van der Waals surface area contributed by atoms with Gasteiger partial charge in [-0.05, 0) is 51.8 Å². The van der Waals surface area contributed by atoms with Crippen LogP contribution in [0.2, 0.25) is 0 Å². The summed E-state index contributed by atoms with van der Waals surface area (Å²) in [5.41, 5.74) is 0.993. The largest absolute Gasteiger partial charge is 0.466 e. The third-order valence-corrected chi connectivity index (χ3v) is 5.87. The molecule has 0 aliphatic carbocycles. The first-order valence-electron chi connectivity index (χ1n) is 9.81. The van der Waals surface area contributed by atoms with Crippen molar-refractivity contribution < 1.29 is 23.5 Å². The van der Waals surface area contributed by atoms with Crippen LogP contribution in [-0.4, -0.2) is 46.4 Å². The predicted molar refractivity (Wildman–Crippen MR) is 104 cm³/mol. The Morgan fingerprint density at radius 2 is 2.14 bits per heavy atom. The average Bonchev–Trinajstić information content (AvgIpc) is 3.46. The van der Waals surface area contributed by atoms with Crippen LogP contribution in [0.5, 0.6) is 0 Å². The van der Waals surface area contributed by atoms with E-state index in [2.05, 4.69) is 9.88 Å². The molecular formula is C21H25N3O5. The lowest BCUT2D eigenvalue weighted by atomic mass is 9.99. The zero-order valence-electron chi connectivity index (χ0n) is 16.9. The van der Waals surface area contributed by atoms with Crippen LogP contribution in [0.3, 0.4) is 0 Å². The second-order valence-corrected chi connectivity index (χ2v) is 7.88. The van der Waals surface area contributed by atoms with Crippen LogP contribution in [-0.2, 0) is 21.6 Å². The van der Waals surface area contributed by atoms with E-state index in [1.807, 2.05) is 19.9 Å². The SMILES string of the molecule is Cc1cc(C(=O)CN2C(=O)N[C@](C)(c3ccco3)C2=O)c(C)n1C[C@@H]1CCCO1. The summed E-state index contributed by atoms with van der Waals surface area (Å²) in [6.07, 6.45) is 3.66. The van der Waals surface area contributed by atoms with Crippen molar-refractivity contribution in [2.45, 2.75) is 51.8 Å². The molecule has 2 saturated heterocycles. The quantitative estimate of drug-likeness (QED) is 0.595. The van der Waals surface area contributed by atoms with Crippen LogP contribution < -0.4 is 5.32 Å². The van der Waals surface area contributed by atoms with Gasteiger partial charge in [0.05, 0.1) is 18.9 Å². The number of hydrogen-bond donors (Lipinski definition) is 1. The molecule has 0 aromatic carbocycles. The van der Waals surface area contributed by atoms with E-state index >= 15 is 0 Å². The minimum atomic E-state index is -1.31. The van der Waals surface area contributed by atoms with E-state index < -0.39 is 17.5 Å². The van der Waals surface area contributed by atoms with Crippen LogP contribution in [0.4, 0.5) is 4.79 Å². The number of nitrogens with zero attached hydrogens (tertiary/aromatic N) is 2. The van der Waals surface area contributed by atoms with Crippen molar-refractivity contribution in [1.29, 1.82) is 0 Å². The van der Waals surface area contributed by atoms with Gasteiger partial charge >= 0.3 is 6.03 Å². The highest BCUT2D eigenvalue weighted by molar-refractivity contribution is 6.11. The second-order valence-electron chi connectivity index (χ2n) is 7.88. The number of amides is 3. The fraction of sp³-hybridized carbons (Fsp3) is 0.476. The standard InChI is InChI=1S/C21H25N3O5/c1-13-10-16(14(2)23(13)11-15-6-4-8-28-15)17(25)12-24-19(26)21(3,22-20(24)27)18-7-5-9-29-18/h5,7,9-10,15H,4,6,8,11-12H2,1-3H3,(H,22,27)/t15-,21+/m0/s1.